The second-order valence-corrected chi connectivity index (χ2v) is 10.4. The predicted octanol–water partition coefficient (Wildman–Crippen LogP) is 4.04. The molecule has 0 aromatic heterocycles. The van der Waals surface area contributed by atoms with Crippen LogP contribution < -0.4 is 0 Å². The van der Waals surface area contributed by atoms with Gasteiger partial charge < -0.3 is 9.59 Å². The first-order chi connectivity index (χ1) is 16.4. The van der Waals surface area contributed by atoms with E-state index in [-0.39, 0.29) is 11.0 Å². The third-order valence-electron chi connectivity index (χ3n) is 5.78. The average Bonchev–Trinajstić information content (AvgIpc) is 2.72. The van der Waals surface area contributed by atoms with E-state index in [0.717, 1.165) is 0 Å². The number of nitrogens with zero attached hydrogens (tertiary/aromatic N) is 2. The van der Waals surface area contributed by atoms with Crippen LogP contribution in [0.1, 0.15) is 0 Å². The zero-order valence-corrected chi connectivity index (χ0v) is 19.1. The summed E-state index contributed by atoms with van der Waals surface area (Å²) < 4.78 is 250. The topological polar surface area (TPSA) is 57.6 Å². The second-order valence-electron chi connectivity index (χ2n) is 8.38. The third-order valence-corrected chi connectivity index (χ3v) is 7.72. The molecule has 1 aliphatic heterocycles. The Morgan fingerprint density at radius 2 is 0.947 bits per heavy atom. The van der Waals surface area contributed by atoms with Crippen molar-refractivity contribution in [3.05, 3.63) is 0 Å². The Bertz CT molecular complexity index is 972. The first-order valence-electron chi connectivity index (χ1n) is 9.53. The highest BCUT2D eigenvalue weighted by Gasteiger charge is 2.96. The number of likely N-dealkylation sites (N-methyl/N-ethyl adjacent to an activating group) is 1. The first kappa shape index (κ1) is 34.7. The zero-order chi connectivity index (χ0) is 30.8. The molecule has 0 saturated carbocycles. The first-order valence-corrected chi connectivity index (χ1v) is 11.0. The molecule has 0 atom stereocenters. The lowest BCUT2D eigenvalue weighted by Crippen LogP contribution is -2.75. The molecule has 38 heavy (non-hydrogen) atoms. The molecule has 1 aliphatic rings. The van der Waals surface area contributed by atoms with Gasteiger partial charge in [0, 0.05) is 0 Å². The van der Waals surface area contributed by atoms with E-state index in [1.54, 1.807) is 0 Å². The number of quaternary nitrogens is 1. The molecular weight excluding hydrogens is 611 g/mol. The van der Waals surface area contributed by atoms with Crippen LogP contribution in [0, 0.1) is 0 Å². The van der Waals surface area contributed by atoms with Crippen LogP contribution in [0.15, 0.2) is 0 Å². The molecule has 1 fully saturated rings. The van der Waals surface area contributed by atoms with Crippen LogP contribution in [0.5, 0.6) is 0 Å². The van der Waals surface area contributed by atoms with Crippen molar-refractivity contribution in [2.45, 2.75) is 47.0 Å². The zero-order valence-electron chi connectivity index (χ0n) is 18.2. The number of alkyl halides is 17. The van der Waals surface area contributed by atoms with Gasteiger partial charge in [-0.05, 0) is 0 Å². The molecular formula is C15H16F17N2O3S+. The lowest BCUT2D eigenvalue weighted by molar-refractivity contribution is -0.913. The van der Waals surface area contributed by atoms with Gasteiger partial charge in [0.25, 0.3) is 10.0 Å². The number of hydrogen-bond acceptors (Lipinski definition) is 3. The lowest BCUT2D eigenvalue weighted by Gasteiger charge is -2.44. The van der Waals surface area contributed by atoms with Gasteiger partial charge in [0.1, 0.15) is 6.54 Å². The number of rotatable bonds is 10. The Hall–Kier alpha value is -1.36. The summed E-state index contributed by atoms with van der Waals surface area (Å²) in [4.78, 5) is 0. The molecule has 0 unspecified atom stereocenters. The molecule has 23 heteroatoms. The van der Waals surface area contributed by atoms with Crippen molar-refractivity contribution >= 4 is 10.0 Å². The van der Waals surface area contributed by atoms with E-state index >= 15 is 0 Å². The molecule has 228 valence electrons. The van der Waals surface area contributed by atoms with E-state index in [4.69, 9.17) is 5.11 Å². The standard InChI is InChI=1S/C15H16F17N2O3S/c1-34(6-7-35)4-2-33(3-5-34)38(36,37)15(31,32)13(26,27)11(22,23)9(18,19)8(16,17)10(20,21)12(24,25)14(28,29)30/h35H,2-7H2,1H3/q+1. The summed E-state index contributed by atoms with van der Waals surface area (Å²) in [7, 11) is -5.99. The summed E-state index contributed by atoms with van der Waals surface area (Å²) in [5.41, 5.74) is 0. The monoisotopic (exact) mass is 627 g/mol. The van der Waals surface area contributed by atoms with Crippen molar-refractivity contribution in [3.8, 4) is 0 Å². The maximum atomic E-state index is 14.2. The number of hydrogen-bond donors (Lipinski definition) is 1. The Kier molecular flexibility index (Phi) is 8.53. The van der Waals surface area contributed by atoms with Gasteiger partial charge >= 0.3 is 47.0 Å². The molecule has 1 rings (SSSR count). The van der Waals surface area contributed by atoms with Gasteiger partial charge in [0.05, 0.1) is 39.8 Å². The van der Waals surface area contributed by atoms with Crippen molar-refractivity contribution < 1.29 is 92.6 Å². The summed E-state index contributed by atoms with van der Waals surface area (Å²) in [6.45, 7) is -4.42. The van der Waals surface area contributed by atoms with Crippen LogP contribution in [0.4, 0.5) is 74.6 Å². The molecule has 1 N–H and O–H groups in total. The van der Waals surface area contributed by atoms with E-state index in [1.165, 1.54) is 7.05 Å². The normalized spacial score (nSPS) is 20.1. The van der Waals surface area contributed by atoms with E-state index in [1.807, 2.05) is 0 Å². The van der Waals surface area contributed by atoms with Crippen LogP contribution in [-0.4, -0.2) is 116 Å². The van der Waals surface area contributed by atoms with Crippen LogP contribution in [-0.2, 0) is 10.0 Å². The Labute approximate surface area is 201 Å². The quantitative estimate of drug-likeness (QED) is 0.294. The molecule has 1 heterocycles. The minimum Gasteiger partial charge on any atom is -0.391 e. The summed E-state index contributed by atoms with van der Waals surface area (Å²) in [5, 5.41) is 1.34. The maximum absolute atomic E-state index is 14.2. The van der Waals surface area contributed by atoms with Gasteiger partial charge in [-0.25, -0.2) is 8.42 Å². The number of aliphatic hydroxyl groups excluding tert-OH is 1. The molecule has 0 aromatic rings. The van der Waals surface area contributed by atoms with Crippen molar-refractivity contribution in [1.82, 2.24) is 4.31 Å². The SMILES string of the molecule is C[N+]1(CCO)CCN(S(=O)(=O)C(F)(F)C(F)(F)C(F)(F)C(F)(F)C(F)(F)C(F)(F)C(F)(F)C(F)(F)F)CC1. The van der Waals surface area contributed by atoms with Crippen LogP contribution in [0.25, 0.3) is 0 Å². The van der Waals surface area contributed by atoms with Crippen molar-refractivity contribution in [1.29, 1.82) is 0 Å². The van der Waals surface area contributed by atoms with Gasteiger partial charge in [-0.1, -0.05) is 0 Å². The number of sulfonamides is 1. The van der Waals surface area contributed by atoms with Gasteiger partial charge in [-0.3, -0.25) is 0 Å². The van der Waals surface area contributed by atoms with Gasteiger partial charge in [0.2, 0.25) is 0 Å². The number of piperazine rings is 1. The third kappa shape index (κ3) is 4.57. The van der Waals surface area contributed by atoms with Crippen LogP contribution >= 0.6 is 0 Å². The highest BCUT2D eigenvalue weighted by atomic mass is 32.2. The molecule has 0 aliphatic carbocycles. The fourth-order valence-corrected chi connectivity index (χ4v) is 4.53. The average molecular weight is 627 g/mol. The predicted molar refractivity (Wildman–Crippen MR) is 89.0 cm³/mol. The summed E-state index contributed by atoms with van der Waals surface area (Å²) >= 11 is 0. The summed E-state index contributed by atoms with van der Waals surface area (Å²) in [5.74, 6) is -51.6. The van der Waals surface area contributed by atoms with E-state index in [0.29, 0.717) is 0 Å². The second kappa shape index (κ2) is 9.35. The minimum absolute atomic E-state index is 0.184. The minimum atomic E-state index is -8.85. The van der Waals surface area contributed by atoms with Crippen molar-refractivity contribution in [2.75, 3.05) is 46.4 Å². The van der Waals surface area contributed by atoms with Gasteiger partial charge in [0.15, 0.2) is 0 Å². The molecule has 0 bridgehead atoms. The Balaban J connectivity index is 3.59. The van der Waals surface area contributed by atoms with Gasteiger partial charge in [-0.2, -0.15) is 78.9 Å². The molecule has 5 nitrogen and oxygen atoms in total. The highest BCUT2D eigenvalue weighted by molar-refractivity contribution is 7.90. The lowest BCUT2D eigenvalue weighted by atomic mass is 9.91. The van der Waals surface area contributed by atoms with Crippen molar-refractivity contribution in [3.63, 3.8) is 0 Å². The van der Waals surface area contributed by atoms with E-state index < -0.39 is 94.1 Å². The summed E-state index contributed by atoms with van der Waals surface area (Å²) in [6.07, 6.45) is -7.88. The smallest absolute Gasteiger partial charge is 0.391 e. The molecule has 0 radical (unpaired) electrons. The molecule has 0 spiro atoms. The largest absolute Gasteiger partial charge is 0.460 e. The van der Waals surface area contributed by atoms with E-state index in [9.17, 15) is 83.1 Å². The fraction of sp³-hybridized carbons (Fsp3) is 1.00. The van der Waals surface area contributed by atoms with Gasteiger partial charge in [-0.15, -0.1) is 0 Å². The van der Waals surface area contributed by atoms with E-state index in [2.05, 4.69) is 0 Å². The molecule has 0 amide bonds. The highest BCUT2D eigenvalue weighted by Crippen LogP contribution is 2.64. The number of aliphatic hydroxyl groups is 1. The van der Waals surface area contributed by atoms with Crippen LogP contribution in [0.2, 0.25) is 0 Å². The fourth-order valence-electron chi connectivity index (χ4n) is 3.11. The Morgan fingerprint density at radius 3 is 1.26 bits per heavy atom. The molecule has 1 saturated heterocycles. The van der Waals surface area contributed by atoms with Crippen LogP contribution in [0.3, 0.4) is 0 Å². The van der Waals surface area contributed by atoms with Crippen molar-refractivity contribution in [2.24, 2.45) is 0 Å². The summed E-state index contributed by atoms with van der Waals surface area (Å²) in [6, 6.07) is 0. The molecule has 0 aromatic carbocycles. The number of halogens is 17. The Morgan fingerprint density at radius 1 is 0.632 bits per heavy atom. The maximum Gasteiger partial charge on any atom is 0.460 e.